The second-order valence-electron chi connectivity index (χ2n) is 2.15. The summed E-state index contributed by atoms with van der Waals surface area (Å²) in [6.07, 6.45) is 0.411. The Morgan fingerprint density at radius 2 is 2.23 bits per heavy atom. The summed E-state index contributed by atoms with van der Waals surface area (Å²) in [5, 5.41) is 18.7. The van der Waals surface area contributed by atoms with Crippen molar-refractivity contribution < 1.29 is 39.1 Å². The van der Waals surface area contributed by atoms with Gasteiger partial charge in [-0.05, 0) is 17.7 Å². The van der Waals surface area contributed by atoms with Gasteiger partial charge in [-0.2, -0.15) is 5.26 Å². The molecule has 0 saturated carbocycles. The average molecular weight is 185 g/mol. The van der Waals surface area contributed by atoms with E-state index in [1.165, 1.54) is 18.2 Å². The first-order valence-electron chi connectivity index (χ1n) is 3.26. The molecule has 0 aliphatic carbocycles. The van der Waals surface area contributed by atoms with Crippen LogP contribution >= 0.6 is 0 Å². The van der Waals surface area contributed by atoms with E-state index in [0.717, 1.165) is 6.07 Å². The topological polar surface area (TPSA) is 46.8 Å². The molecule has 0 spiro atoms. The standard InChI is InChI=1S/C9H6FNO.Na/c10-9-3-1-2-7(4-9)8(5-11)6-12;/h1-4,6,12H;/q;+1/p-1/b8-6-;. The van der Waals surface area contributed by atoms with Crippen LogP contribution in [0.25, 0.3) is 5.57 Å². The van der Waals surface area contributed by atoms with E-state index < -0.39 is 5.82 Å². The van der Waals surface area contributed by atoms with Gasteiger partial charge in [0.2, 0.25) is 0 Å². The van der Waals surface area contributed by atoms with E-state index in [-0.39, 0.29) is 35.1 Å². The molecule has 0 radical (unpaired) electrons. The molecule has 60 valence electrons. The Kier molecular flexibility index (Phi) is 5.40. The SMILES string of the molecule is N#C/C(=C/[O-])c1cccc(F)c1.[Na+]. The molecule has 13 heavy (non-hydrogen) atoms. The summed E-state index contributed by atoms with van der Waals surface area (Å²) in [5.41, 5.74) is 0.252. The van der Waals surface area contributed by atoms with Gasteiger partial charge in [0.15, 0.2) is 0 Å². The van der Waals surface area contributed by atoms with Crippen LogP contribution in [0.4, 0.5) is 4.39 Å². The molecular formula is C9H5FNNaO. The molecule has 0 bridgehead atoms. The summed E-state index contributed by atoms with van der Waals surface area (Å²) in [5.74, 6) is -0.456. The maximum atomic E-state index is 12.6. The van der Waals surface area contributed by atoms with E-state index in [4.69, 9.17) is 5.26 Å². The van der Waals surface area contributed by atoms with Crippen LogP contribution in [0, 0.1) is 17.1 Å². The number of allylic oxidation sites excluding steroid dienone is 1. The molecule has 0 heterocycles. The molecule has 0 amide bonds. The van der Waals surface area contributed by atoms with Gasteiger partial charge < -0.3 is 5.11 Å². The molecule has 1 aromatic rings. The molecule has 0 aliphatic heterocycles. The first-order chi connectivity index (χ1) is 5.77. The van der Waals surface area contributed by atoms with Crippen LogP contribution in [0.2, 0.25) is 0 Å². The summed E-state index contributed by atoms with van der Waals surface area (Å²) in [7, 11) is 0. The molecule has 4 heteroatoms. The summed E-state index contributed by atoms with van der Waals surface area (Å²) < 4.78 is 12.6. The average Bonchev–Trinajstić information content (AvgIpc) is 2.07. The predicted molar refractivity (Wildman–Crippen MR) is 40.0 cm³/mol. The van der Waals surface area contributed by atoms with Crippen molar-refractivity contribution in [1.29, 1.82) is 5.26 Å². The molecule has 0 N–H and O–H groups in total. The van der Waals surface area contributed by atoms with Crippen molar-refractivity contribution in [3.05, 3.63) is 41.9 Å². The van der Waals surface area contributed by atoms with Crippen molar-refractivity contribution in [3.8, 4) is 6.07 Å². The van der Waals surface area contributed by atoms with Gasteiger partial charge in [0, 0.05) is 5.57 Å². The van der Waals surface area contributed by atoms with E-state index in [2.05, 4.69) is 0 Å². The first-order valence-corrected chi connectivity index (χ1v) is 3.26. The van der Waals surface area contributed by atoms with Crippen molar-refractivity contribution in [3.63, 3.8) is 0 Å². The Morgan fingerprint density at radius 1 is 1.54 bits per heavy atom. The van der Waals surface area contributed by atoms with E-state index in [1.54, 1.807) is 6.07 Å². The Morgan fingerprint density at radius 3 is 2.69 bits per heavy atom. The monoisotopic (exact) mass is 185 g/mol. The Bertz CT molecular complexity index is 357. The molecule has 0 saturated heterocycles. The van der Waals surface area contributed by atoms with Crippen molar-refractivity contribution in [2.45, 2.75) is 0 Å². The molecule has 1 rings (SSSR count). The molecule has 0 aromatic heterocycles. The number of hydrogen-bond donors (Lipinski definition) is 0. The van der Waals surface area contributed by atoms with Crippen LogP contribution < -0.4 is 34.7 Å². The smallest absolute Gasteiger partial charge is 0.877 e. The summed E-state index contributed by atoms with van der Waals surface area (Å²) >= 11 is 0. The second kappa shape index (κ2) is 5.76. The molecule has 2 nitrogen and oxygen atoms in total. The molecule has 0 fully saturated rings. The summed E-state index contributed by atoms with van der Waals surface area (Å²) in [6, 6.07) is 7.04. The number of hydrogen-bond acceptors (Lipinski definition) is 2. The molecular weight excluding hydrogens is 180 g/mol. The number of nitrogens with zero attached hydrogens (tertiary/aromatic N) is 1. The first kappa shape index (κ1) is 12.2. The number of rotatable bonds is 1. The van der Waals surface area contributed by atoms with Crippen LogP contribution in [0.3, 0.4) is 0 Å². The van der Waals surface area contributed by atoms with E-state index in [0.29, 0.717) is 11.8 Å². The zero-order valence-corrected chi connectivity index (χ0v) is 9.12. The maximum Gasteiger partial charge on any atom is 1.00 e. The Hall–Kier alpha value is -0.820. The van der Waals surface area contributed by atoms with Gasteiger partial charge in [-0.3, -0.25) is 0 Å². The van der Waals surface area contributed by atoms with Gasteiger partial charge in [-0.15, -0.1) is 6.26 Å². The van der Waals surface area contributed by atoms with Crippen molar-refractivity contribution in [1.82, 2.24) is 0 Å². The fraction of sp³-hybridized carbons (Fsp3) is 0. The van der Waals surface area contributed by atoms with E-state index in [9.17, 15) is 9.50 Å². The minimum atomic E-state index is -0.456. The van der Waals surface area contributed by atoms with Crippen LogP contribution in [0.1, 0.15) is 5.56 Å². The zero-order chi connectivity index (χ0) is 8.97. The van der Waals surface area contributed by atoms with Crippen LogP contribution in [0.5, 0.6) is 0 Å². The fourth-order valence-electron chi connectivity index (χ4n) is 0.815. The Balaban J connectivity index is 0.00000144. The number of halogens is 1. The third-order valence-corrected chi connectivity index (χ3v) is 1.37. The minimum Gasteiger partial charge on any atom is -0.877 e. The zero-order valence-electron chi connectivity index (χ0n) is 7.12. The predicted octanol–water partition coefficient (Wildman–Crippen LogP) is -1.95. The van der Waals surface area contributed by atoms with Crippen molar-refractivity contribution in [2.75, 3.05) is 0 Å². The van der Waals surface area contributed by atoms with Gasteiger partial charge >= 0.3 is 29.6 Å². The molecule has 0 atom stereocenters. The second-order valence-corrected chi connectivity index (χ2v) is 2.15. The van der Waals surface area contributed by atoms with Crippen LogP contribution in [-0.2, 0) is 0 Å². The Labute approximate surface area is 97.6 Å². The van der Waals surface area contributed by atoms with Gasteiger partial charge in [0.05, 0.1) is 6.07 Å². The van der Waals surface area contributed by atoms with Crippen molar-refractivity contribution in [2.24, 2.45) is 0 Å². The van der Waals surface area contributed by atoms with Gasteiger partial charge in [0.25, 0.3) is 0 Å². The van der Waals surface area contributed by atoms with Gasteiger partial charge in [-0.1, -0.05) is 12.1 Å². The quantitative estimate of drug-likeness (QED) is 0.290. The normalized spacial score (nSPS) is 10.0. The molecule has 1 aromatic carbocycles. The van der Waals surface area contributed by atoms with Gasteiger partial charge in [-0.25, -0.2) is 4.39 Å². The third-order valence-electron chi connectivity index (χ3n) is 1.37. The maximum absolute atomic E-state index is 12.6. The summed E-state index contributed by atoms with van der Waals surface area (Å²) in [4.78, 5) is 0. The molecule has 0 aliphatic rings. The molecule has 0 unspecified atom stereocenters. The van der Waals surface area contributed by atoms with Crippen LogP contribution in [0.15, 0.2) is 30.5 Å². The fourth-order valence-corrected chi connectivity index (χ4v) is 0.815. The van der Waals surface area contributed by atoms with Gasteiger partial charge in [0.1, 0.15) is 5.82 Å². The van der Waals surface area contributed by atoms with E-state index >= 15 is 0 Å². The third kappa shape index (κ3) is 3.19. The van der Waals surface area contributed by atoms with E-state index in [1.807, 2.05) is 0 Å². The largest absolute Gasteiger partial charge is 1.00 e. The summed E-state index contributed by atoms with van der Waals surface area (Å²) in [6.45, 7) is 0. The number of nitriles is 1. The van der Waals surface area contributed by atoms with Crippen molar-refractivity contribution >= 4 is 5.57 Å². The van der Waals surface area contributed by atoms with Crippen LogP contribution in [-0.4, -0.2) is 0 Å². The number of benzene rings is 1. The minimum absolute atomic E-state index is 0.